The van der Waals surface area contributed by atoms with Gasteiger partial charge in [0.05, 0.1) is 11.8 Å². The van der Waals surface area contributed by atoms with E-state index in [0.717, 1.165) is 77.0 Å². The van der Waals surface area contributed by atoms with E-state index in [0.29, 0.717) is 25.7 Å². The van der Waals surface area contributed by atoms with Crippen molar-refractivity contribution in [2.24, 2.45) is 11.8 Å². The van der Waals surface area contributed by atoms with Crippen molar-refractivity contribution < 1.29 is 63.9 Å². The molecule has 528 valence electrons. The lowest BCUT2D eigenvalue weighted by atomic mass is 9.94. The Hall–Kier alpha value is -1.42. The minimum Gasteiger partial charge on any atom is -0.463 e. The van der Waals surface area contributed by atoms with Gasteiger partial charge in [0.15, 0.2) is 12.6 Å². The number of ether oxygens (including phenoxy) is 5. The molecule has 0 aromatic rings. The highest BCUT2D eigenvalue weighted by Gasteiger charge is 2.50. The first kappa shape index (κ1) is 83.7. The number of unbranched alkanes of at least 4 members (excludes halogenated alkanes) is 48. The van der Waals surface area contributed by atoms with E-state index in [1.54, 1.807) is 0 Å². The molecule has 6 N–H and O–H groups in total. The molecule has 0 aromatic carbocycles. The summed E-state index contributed by atoms with van der Waals surface area (Å²) < 4.78 is 29.6. The average molecular weight is 1270 g/mol. The van der Waals surface area contributed by atoms with Gasteiger partial charge in [0.2, 0.25) is 0 Å². The molecule has 89 heavy (non-hydrogen) atoms. The molecule has 2 fully saturated rings. The zero-order valence-corrected chi connectivity index (χ0v) is 58.5. The van der Waals surface area contributed by atoms with Gasteiger partial charge in [0.1, 0.15) is 62.0 Å². The lowest BCUT2D eigenvalue weighted by Gasteiger charge is -2.44. The van der Waals surface area contributed by atoms with Crippen molar-refractivity contribution in [3.05, 3.63) is 0 Å². The predicted octanol–water partition coefficient (Wildman–Crippen LogP) is 18.9. The summed E-state index contributed by atoms with van der Waals surface area (Å²) in [6.07, 6.45) is 51.0. The van der Waals surface area contributed by atoms with Crippen LogP contribution in [-0.4, -0.2) is 117 Å². The fourth-order valence-corrected chi connectivity index (χ4v) is 13.4. The van der Waals surface area contributed by atoms with Gasteiger partial charge in [0, 0.05) is 0 Å². The zero-order chi connectivity index (χ0) is 64.6. The number of esters is 2. The van der Waals surface area contributed by atoms with Gasteiger partial charge < -0.3 is 54.3 Å². The highest BCUT2D eigenvalue weighted by atomic mass is 16.8. The van der Waals surface area contributed by atoms with Gasteiger partial charge in [-0.2, -0.15) is 0 Å². The quantitative estimate of drug-likeness (QED) is 0.0248. The van der Waals surface area contributed by atoms with E-state index in [-0.39, 0.29) is 23.8 Å². The van der Waals surface area contributed by atoms with Crippen molar-refractivity contribution in [3.8, 4) is 0 Å². The van der Waals surface area contributed by atoms with Gasteiger partial charge in [0.25, 0.3) is 0 Å². The normalized spacial score (nSPS) is 22.8. The Kier molecular flexibility index (Phi) is 55.6. The number of hydrogen-bond acceptors (Lipinski definition) is 13. The molecule has 2 unspecified atom stereocenters. The van der Waals surface area contributed by atoms with Crippen LogP contribution >= 0.6 is 0 Å². The summed E-state index contributed by atoms with van der Waals surface area (Å²) in [7, 11) is 0. The molecule has 0 radical (unpaired) electrons. The lowest BCUT2D eigenvalue weighted by Crippen LogP contribution is -2.64. The molecule has 0 bridgehead atoms. The third kappa shape index (κ3) is 42.6. The highest BCUT2D eigenvalue weighted by molar-refractivity contribution is 5.72. The van der Waals surface area contributed by atoms with Crippen LogP contribution in [0.25, 0.3) is 0 Å². The maximum absolute atomic E-state index is 13.9. The Labute approximate surface area is 547 Å². The van der Waals surface area contributed by atoms with E-state index in [1.165, 1.54) is 257 Å². The molecule has 0 aromatic heterocycles. The third-order valence-corrected chi connectivity index (χ3v) is 19.7. The van der Waals surface area contributed by atoms with E-state index in [2.05, 4.69) is 27.7 Å². The first-order chi connectivity index (χ1) is 43.5. The van der Waals surface area contributed by atoms with Crippen LogP contribution in [-0.2, 0) is 33.3 Å². The Balaban J connectivity index is 1.98. The van der Waals surface area contributed by atoms with Crippen LogP contribution in [0, 0.1) is 11.8 Å². The van der Waals surface area contributed by atoms with E-state index in [9.17, 15) is 40.2 Å². The summed E-state index contributed by atoms with van der Waals surface area (Å²) >= 11 is 0. The third-order valence-electron chi connectivity index (χ3n) is 19.7. The zero-order valence-electron chi connectivity index (χ0n) is 58.5. The molecule has 2 aliphatic rings. The molecular formula is C76H146O13. The summed E-state index contributed by atoms with van der Waals surface area (Å²) in [5.41, 5.74) is 0. The molecule has 0 amide bonds. The number of rotatable bonds is 64. The van der Waals surface area contributed by atoms with Crippen LogP contribution in [0.4, 0.5) is 0 Å². The van der Waals surface area contributed by atoms with Gasteiger partial charge in [-0.1, -0.05) is 362 Å². The Morgan fingerprint density at radius 2 is 0.449 bits per heavy atom. The van der Waals surface area contributed by atoms with Crippen molar-refractivity contribution in [2.75, 3.05) is 13.2 Å². The molecule has 2 aliphatic heterocycles. The Bertz CT molecular complexity index is 1440. The smallest absolute Gasteiger partial charge is 0.309 e. The van der Waals surface area contributed by atoms with Crippen LogP contribution in [0.5, 0.6) is 0 Å². The first-order valence-electron chi connectivity index (χ1n) is 38.9. The van der Waals surface area contributed by atoms with Crippen LogP contribution in [0.1, 0.15) is 387 Å². The summed E-state index contributed by atoms with van der Waals surface area (Å²) in [6, 6.07) is 0. The van der Waals surface area contributed by atoms with Crippen molar-refractivity contribution >= 4 is 11.9 Å². The minimum absolute atomic E-state index is 0.322. The van der Waals surface area contributed by atoms with Crippen molar-refractivity contribution in [3.63, 3.8) is 0 Å². The van der Waals surface area contributed by atoms with Crippen molar-refractivity contribution in [2.45, 2.75) is 449 Å². The van der Waals surface area contributed by atoms with Crippen LogP contribution in [0.15, 0.2) is 0 Å². The largest absolute Gasteiger partial charge is 0.463 e. The van der Waals surface area contributed by atoms with Crippen molar-refractivity contribution in [1.82, 2.24) is 0 Å². The van der Waals surface area contributed by atoms with Gasteiger partial charge in [-0.15, -0.1) is 0 Å². The number of carbonyl (C=O) groups is 2. The fraction of sp³-hybridized carbons (Fsp3) is 0.974. The minimum atomic E-state index is -1.82. The molecule has 13 heteroatoms. The summed E-state index contributed by atoms with van der Waals surface area (Å²) in [4.78, 5) is 27.8. The van der Waals surface area contributed by atoms with Gasteiger partial charge in [-0.05, 0) is 25.7 Å². The van der Waals surface area contributed by atoms with E-state index in [4.69, 9.17) is 23.7 Å². The molecule has 0 saturated carbocycles. The van der Waals surface area contributed by atoms with Crippen LogP contribution in [0.2, 0.25) is 0 Å². The number of carbonyl (C=O) groups excluding carboxylic acids is 2. The molecule has 2 heterocycles. The molecule has 0 spiro atoms. The van der Waals surface area contributed by atoms with E-state index < -0.39 is 74.6 Å². The van der Waals surface area contributed by atoms with Crippen LogP contribution in [0.3, 0.4) is 0 Å². The standard InChI is InChI=1S/C76H146O13/c1-5-9-13-17-21-25-29-33-35-39-43-47-51-55-59-63(57-53-49-45-41-37-31-27-23-19-15-11-7-3)73(83)85-61-65-67(77)69(79)71(81)75(87-65)89-76-72(82)70(80)68(78)66(88-76)62-86-74(84)64(58-54-50-46-42-38-32-28-24-20-16-12-8-4)60-56-52-48-44-40-36-34-30-26-22-18-14-10-6-2/h63-72,75-82H,5-62H2,1-4H3/t63?,64?,65-,66-,67-,68-,69+,70+,71-,72-,75-,76-/m1/s1. The van der Waals surface area contributed by atoms with E-state index in [1.807, 2.05) is 0 Å². The second-order valence-corrected chi connectivity index (χ2v) is 27.9. The monoisotopic (exact) mass is 1270 g/mol. The maximum atomic E-state index is 13.9. The fourth-order valence-electron chi connectivity index (χ4n) is 13.4. The maximum Gasteiger partial charge on any atom is 0.309 e. The highest BCUT2D eigenvalue weighted by Crippen LogP contribution is 2.31. The molecular weight excluding hydrogens is 1120 g/mol. The Morgan fingerprint density at radius 3 is 0.640 bits per heavy atom. The second-order valence-electron chi connectivity index (χ2n) is 27.9. The summed E-state index contributed by atoms with van der Waals surface area (Å²) in [5.74, 6) is -1.41. The number of aliphatic hydroxyl groups excluding tert-OH is 6. The van der Waals surface area contributed by atoms with Gasteiger partial charge in [-0.25, -0.2) is 0 Å². The van der Waals surface area contributed by atoms with Crippen molar-refractivity contribution in [1.29, 1.82) is 0 Å². The lowest BCUT2D eigenvalue weighted by molar-refractivity contribution is -0.376. The second kappa shape index (κ2) is 59.1. The van der Waals surface area contributed by atoms with Crippen LogP contribution < -0.4 is 0 Å². The summed E-state index contributed by atoms with van der Waals surface area (Å²) in [6.45, 7) is 8.21. The molecule has 2 rings (SSSR count). The van der Waals surface area contributed by atoms with Gasteiger partial charge in [-0.3, -0.25) is 9.59 Å². The summed E-state index contributed by atoms with van der Waals surface area (Å²) in [5, 5.41) is 66.6. The Morgan fingerprint density at radius 1 is 0.270 bits per heavy atom. The molecule has 2 saturated heterocycles. The average Bonchev–Trinajstić information content (AvgIpc) is 3.73. The predicted molar refractivity (Wildman–Crippen MR) is 365 cm³/mol. The molecule has 0 aliphatic carbocycles. The number of hydrogen-bond donors (Lipinski definition) is 6. The van der Waals surface area contributed by atoms with Gasteiger partial charge >= 0.3 is 11.9 Å². The topological polar surface area (TPSA) is 202 Å². The first-order valence-corrected chi connectivity index (χ1v) is 38.9. The number of aliphatic hydroxyl groups is 6. The SMILES string of the molecule is CCCCCCCCCCCCCCCCC(CCCCCCCCCCCCCC)C(=O)OC[C@H]1O[C@H](O[C@H]2O[C@H](COC(=O)C(CCCCCCCCCCCCCC)CCCCCCCCCCCCCCCC)[C@@H](O)[C@H](O)[C@H]2O)[C@H](O)[C@@H](O)[C@@H]1O. The molecule has 12 atom stereocenters. The molecule has 13 nitrogen and oxygen atoms in total. The van der Waals surface area contributed by atoms with E-state index >= 15 is 0 Å².